The van der Waals surface area contributed by atoms with Crippen LogP contribution in [0.4, 0.5) is 0 Å². The maximum Gasteiger partial charge on any atom is 0.223 e. The molecular weight excluding hydrogens is 298 g/mol. The van der Waals surface area contributed by atoms with Crippen LogP contribution in [0.2, 0.25) is 5.02 Å². The van der Waals surface area contributed by atoms with Crippen LogP contribution in [0.1, 0.15) is 45.1 Å². The van der Waals surface area contributed by atoms with Crippen LogP contribution in [0.15, 0.2) is 24.3 Å². The first kappa shape index (κ1) is 15.5. The molecule has 2 aliphatic rings. The lowest BCUT2D eigenvalue weighted by molar-refractivity contribution is -0.133. The van der Waals surface area contributed by atoms with Crippen molar-refractivity contribution < 1.29 is 9.59 Å². The van der Waals surface area contributed by atoms with Crippen LogP contribution < -0.4 is 5.32 Å². The molecule has 0 radical (unpaired) electrons. The number of ketones is 1. The fourth-order valence-corrected chi connectivity index (χ4v) is 3.96. The average molecular weight is 320 g/mol. The van der Waals surface area contributed by atoms with E-state index in [9.17, 15) is 9.59 Å². The number of hydrogen-bond acceptors (Lipinski definition) is 2. The van der Waals surface area contributed by atoms with E-state index in [-0.39, 0.29) is 23.7 Å². The Hall–Kier alpha value is -1.35. The number of fused-ring (bicyclic) bond motifs is 2. The maximum atomic E-state index is 12.6. The van der Waals surface area contributed by atoms with Crippen molar-refractivity contribution in [2.75, 3.05) is 0 Å². The summed E-state index contributed by atoms with van der Waals surface area (Å²) >= 11 is 5.92. The molecule has 1 amide bonds. The zero-order valence-electron chi connectivity index (χ0n) is 13.1. The Balaban J connectivity index is 1.68. The van der Waals surface area contributed by atoms with Gasteiger partial charge in [-0.1, -0.05) is 23.7 Å². The molecular formula is C18H22ClNO2. The van der Waals surface area contributed by atoms with E-state index in [0.717, 1.165) is 31.2 Å². The topological polar surface area (TPSA) is 46.2 Å². The normalized spacial score (nSPS) is 27.8. The van der Waals surface area contributed by atoms with Crippen molar-refractivity contribution in [1.82, 2.24) is 5.32 Å². The summed E-state index contributed by atoms with van der Waals surface area (Å²) in [5, 5.41) is 3.84. The average Bonchev–Trinajstić information content (AvgIpc) is 2.69. The summed E-state index contributed by atoms with van der Waals surface area (Å²) in [7, 11) is 0. The molecule has 2 fully saturated rings. The minimum absolute atomic E-state index is 0.0261. The molecule has 0 heterocycles. The van der Waals surface area contributed by atoms with E-state index >= 15 is 0 Å². The third kappa shape index (κ3) is 2.91. The van der Waals surface area contributed by atoms with Gasteiger partial charge in [-0.05, 0) is 57.2 Å². The lowest BCUT2D eigenvalue weighted by atomic mass is 9.79. The maximum absolute atomic E-state index is 12.6. The van der Waals surface area contributed by atoms with Crippen LogP contribution in [0.3, 0.4) is 0 Å². The van der Waals surface area contributed by atoms with Gasteiger partial charge >= 0.3 is 0 Å². The number of carbonyl (C=O) groups excluding carboxylic acids is 2. The van der Waals surface area contributed by atoms with E-state index in [2.05, 4.69) is 5.32 Å². The van der Waals surface area contributed by atoms with Crippen LogP contribution >= 0.6 is 11.6 Å². The number of rotatable bonds is 3. The second kappa shape index (κ2) is 5.69. The molecule has 0 spiro atoms. The predicted molar refractivity (Wildman–Crippen MR) is 86.6 cm³/mol. The number of hydrogen-bond donors (Lipinski definition) is 1. The monoisotopic (exact) mass is 319 g/mol. The first-order valence-corrected chi connectivity index (χ1v) is 8.36. The van der Waals surface area contributed by atoms with Gasteiger partial charge < -0.3 is 5.32 Å². The Morgan fingerprint density at radius 1 is 1.14 bits per heavy atom. The fourth-order valence-electron chi connectivity index (χ4n) is 3.83. The van der Waals surface area contributed by atoms with E-state index in [1.165, 1.54) is 0 Å². The van der Waals surface area contributed by atoms with Gasteiger partial charge in [0.25, 0.3) is 0 Å². The molecule has 1 aromatic carbocycles. The second-order valence-electron chi connectivity index (χ2n) is 7.16. The van der Waals surface area contributed by atoms with Crippen molar-refractivity contribution in [2.24, 2.45) is 17.8 Å². The largest absolute Gasteiger partial charge is 0.347 e. The van der Waals surface area contributed by atoms with Crippen LogP contribution in [0.5, 0.6) is 0 Å². The molecule has 1 N–H and O–H groups in total. The third-order valence-electron chi connectivity index (χ3n) is 5.18. The quantitative estimate of drug-likeness (QED) is 0.923. The van der Waals surface area contributed by atoms with Crippen molar-refractivity contribution in [3.8, 4) is 0 Å². The van der Waals surface area contributed by atoms with Gasteiger partial charge in [-0.25, -0.2) is 0 Å². The van der Waals surface area contributed by atoms with Gasteiger partial charge in [-0.15, -0.1) is 0 Å². The molecule has 118 valence electrons. The molecule has 2 atom stereocenters. The predicted octanol–water partition coefficient (Wildman–Crippen LogP) is 3.70. The minimum Gasteiger partial charge on any atom is -0.347 e. The molecule has 0 saturated heterocycles. The van der Waals surface area contributed by atoms with Crippen molar-refractivity contribution >= 4 is 23.3 Å². The summed E-state index contributed by atoms with van der Waals surface area (Å²) in [6.07, 6.45) is 3.37. The molecule has 0 aromatic heterocycles. The molecule has 3 nitrogen and oxygen atoms in total. The lowest BCUT2D eigenvalue weighted by Crippen LogP contribution is -2.46. The Morgan fingerprint density at radius 3 is 2.23 bits per heavy atom. The number of nitrogens with one attached hydrogen (secondary N) is 1. The molecule has 4 heteroatoms. The molecule has 2 aliphatic carbocycles. The highest BCUT2D eigenvalue weighted by Crippen LogP contribution is 2.42. The Labute approximate surface area is 136 Å². The third-order valence-corrected chi connectivity index (χ3v) is 5.43. The van der Waals surface area contributed by atoms with Gasteiger partial charge in [0.05, 0.1) is 5.54 Å². The fraction of sp³-hybridized carbons (Fsp3) is 0.556. The summed E-state index contributed by atoms with van der Waals surface area (Å²) in [6.45, 7) is 3.99. The molecule has 2 bridgehead atoms. The second-order valence-corrected chi connectivity index (χ2v) is 7.60. The first-order valence-electron chi connectivity index (χ1n) is 7.98. The van der Waals surface area contributed by atoms with Crippen molar-refractivity contribution in [3.05, 3.63) is 34.9 Å². The van der Waals surface area contributed by atoms with Gasteiger partial charge in [0, 0.05) is 22.8 Å². The highest BCUT2D eigenvalue weighted by atomic mass is 35.5. The number of halogens is 1. The zero-order chi connectivity index (χ0) is 15.9. The highest BCUT2D eigenvalue weighted by molar-refractivity contribution is 6.30. The van der Waals surface area contributed by atoms with Gasteiger partial charge in [0.15, 0.2) is 0 Å². The Kier molecular flexibility index (Phi) is 4.02. The Morgan fingerprint density at radius 2 is 1.68 bits per heavy atom. The smallest absolute Gasteiger partial charge is 0.223 e. The lowest BCUT2D eigenvalue weighted by Gasteiger charge is -2.32. The van der Waals surface area contributed by atoms with Crippen LogP contribution in [0.25, 0.3) is 0 Å². The zero-order valence-corrected chi connectivity index (χ0v) is 13.8. The molecule has 2 saturated carbocycles. The van der Waals surface area contributed by atoms with Crippen molar-refractivity contribution in [1.29, 1.82) is 0 Å². The summed E-state index contributed by atoms with van der Waals surface area (Å²) in [5.74, 6) is 0.674. The van der Waals surface area contributed by atoms with Gasteiger partial charge in [-0.3, -0.25) is 9.59 Å². The van der Waals surface area contributed by atoms with Crippen LogP contribution in [-0.4, -0.2) is 11.7 Å². The van der Waals surface area contributed by atoms with E-state index in [1.807, 2.05) is 38.1 Å². The number of Topliss-reactive ketones (excluding diaryl/α,β-unsaturated/α-hetero) is 1. The summed E-state index contributed by atoms with van der Waals surface area (Å²) < 4.78 is 0. The van der Waals surface area contributed by atoms with E-state index in [0.29, 0.717) is 10.8 Å². The SMILES string of the molecule is CC(C)(NC(=O)C1CC2CCC(C1)C2=O)c1ccc(Cl)cc1. The van der Waals surface area contributed by atoms with E-state index in [1.54, 1.807) is 0 Å². The van der Waals surface area contributed by atoms with Gasteiger partial charge in [-0.2, -0.15) is 0 Å². The van der Waals surface area contributed by atoms with Crippen molar-refractivity contribution in [2.45, 2.75) is 45.1 Å². The molecule has 0 aliphatic heterocycles. The molecule has 1 aromatic rings. The van der Waals surface area contributed by atoms with Gasteiger partial charge in [0.1, 0.15) is 5.78 Å². The molecule has 22 heavy (non-hydrogen) atoms. The number of carbonyl (C=O) groups is 2. The molecule has 2 unspecified atom stereocenters. The summed E-state index contributed by atoms with van der Waals surface area (Å²) in [5.41, 5.74) is 0.586. The van der Waals surface area contributed by atoms with Crippen LogP contribution in [0, 0.1) is 17.8 Å². The number of amides is 1. The molecule has 3 rings (SSSR count). The standard InChI is InChI=1S/C18H22ClNO2/c1-18(2,14-5-7-15(19)8-6-14)20-17(22)13-9-11-3-4-12(10-13)16(11)21/h5-8,11-13H,3-4,9-10H2,1-2H3,(H,20,22). The first-order chi connectivity index (χ1) is 10.4. The summed E-state index contributed by atoms with van der Waals surface area (Å²) in [6, 6.07) is 7.56. The minimum atomic E-state index is -0.442. The number of benzene rings is 1. The van der Waals surface area contributed by atoms with E-state index < -0.39 is 5.54 Å². The van der Waals surface area contributed by atoms with E-state index in [4.69, 9.17) is 11.6 Å². The highest BCUT2D eigenvalue weighted by Gasteiger charge is 2.44. The summed E-state index contributed by atoms with van der Waals surface area (Å²) in [4.78, 5) is 24.6. The Bertz CT molecular complexity index is 578. The van der Waals surface area contributed by atoms with Gasteiger partial charge in [0.2, 0.25) is 5.91 Å². The van der Waals surface area contributed by atoms with Crippen molar-refractivity contribution in [3.63, 3.8) is 0 Å². The van der Waals surface area contributed by atoms with Crippen LogP contribution in [-0.2, 0) is 15.1 Å².